The lowest BCUT2D eigenvalue weighted by Crippen LogP contribution is -2.21. The molecule has 136 valence electrons. The van der Waals surface area contributed by atoms with Crippen LogP contribution in [0, 0.1) is 0 Å². The van der Waals surface area contributed by atoms with Crippen LogP contribution in [-0.2, 0) is 32.0 Å². The van der Waals surface area contributed by atoms with Crippen LogP contribution in [0.3, 0.4) is 0 Å². The zero-order chi connectivity index (χ0) is 17.5. The molecule has 1 aliphatic rings. The van der Waals surface area contributed by atoms with Crippen molar-refractivity contribution in [2.24, 2.45) is 0 Å². The second kappa shape index (κ2) is 15.0. The van der Waals surface area contributed by atoms with Crippen LogP contribution in [0.4, 0.5) is 0 Å². The normalized spacial score (nSPS) is 17.2. The molecule has 0 bridgehead atoms. The lowest BCUT2D eigenvalue weighted by molar-refractivity contribution is -0.137. The predicted octanol–water partition coefficient (Wildman–Crippen LogP) is 0.908. The Hall–Kier alpha value is -0.556. The van der Waals surface area contributed by atoms with Gasteiger partial charge in [0.2, 0.25) is 0 Å². The first-order chi connectivity index (χ1) is 11.1. The molecule has 23 heavy (non-hydrogen) atoms. The van der Waals surface area contributed by atoms with Crippen LogP contribution < -0.4 is 0 Å². The van der Waals surface area contributed by atoms with Crippen molar-refractivity contribution in [1.29, 1.82) is 0 Å². The predicted molar refractivity (Wildman–Crippen MR) is 92.1 cm³/mol. The number of hydrogen-bond donors (Lipinski definition) is 0. The molecule has 0 aromatic rings. The topological polar surface area (TPSA) is 75.8 Å². The smallest absolute Gasteiger partial charge is 0.463 e. The van der Waals surface area contributed by atoms with Crippen molar-refractivity contribution in [1.82, 2.24) is 0 Å². The van der Waals surface area contributed by atoms with E-state index >= 15 is 0 Å². The highest BCUT2D eigenvalue weighted by atomic mass is 28.3. The van der Waals surface area contributed by atoms with Crippen molar-refractivity contribution in [3.63, 3.8) is 0 Å². The molecule has 1 fully saturated rings. The molecule has 7 nitrogen and oxygen atoms in total. The van der Waals surface area contributed by atoms with Gasteiger partial charge < -0.3 is 27.2 Å². The van der Waals surface area contributed by atoms with Crippen molar-refractivity contribution in [2.45, 2.75) is 31.5 Å². The number of epoxide rings is 1. The Balaban J connectivity index is 0.000000585. The first-order valence-corrected chi connectivity index (χ1v) is 11.2. The molecule has 0 saturated carbocycles. The third kappa shape index (κ3) is 13.6. The van der Waals surface area contributed by atoms with E-state index in [0.717, 1.165) is 31.7 Å². The number of carbonyl (C=O) groups is 1. The van der Waals surface area contributed by atoms with Gasteiger partial charge in [-0.3, -0.25) is 0 Å². The van der Waals surface area contributed by atoms with Gasteiger partial charge in [-0.2, -0.15) is 0 Å². The molecule has 1 rings (SSSR count). The van der Waals surface area contributed by atoms with E-state index in [4.69, 9.17) is 27.2 Å². The summed E-state index contributed by atoms with van der Waals surface area (Å²) in [6, 6.07) is 2.13. The second-order valence-corrected chi connectivity index (χ2v) is 9.40. The Labute approximate surface area is 142 Å². The van der Waals surface area contributed by atoms with Gasteiger partial charge in [0.15, 0.2) is 9.04 Å². The van der Waals surface area contributed by atoms with E-state index in [1.165, 1.54) is 6.08 Å². The van der Waals surface area contributed by atoms with Crippen LogP contribution >= 0.6 is 0 Å². The molecule has 0 spiro atoms. The van der Waals surface area contributed by atoms with Crippen molar-refractivity contribution < 1.29 is 32.0 Å². The first kappa shape index (κ1) is 22.4. The van der Waals surface area contributed by atoms with E-state index in [1.807, 2.05) is 6.92 Å². The largest absolute Gasteiger partial charge is 0.483 e. The summed E-state index contributed by atoms with van der Waals surface area (Å²) >= 11 is 0. The highest BCUT2D eigenvalue weighted by Gasteiger charge is 2.27. The van der Waals surface area contributed by atoms with Gasteiger partial charge in [-0.05, 0) is 25.4 Å². The van der Waals surface area contributed by atoms with E-state index in [9.17, 15) is 4.79 Å². The maximum Gasteiger partial charge on any atom is 0.483 e. The molecular formula is C14H30O7Si2. The maximum absolute atomic E-state index is 10.8. The molecule has 1 heterocycles. The zero-order valence-electron chi connectivity index (χ0n) is 14.6. The molecule has 2 unspecified atom stereocenters. The molecular weight excluding hydrogens is 336 g/mol. The molecule has 0 N–H and O–H groups in total. The molecule has 0 aliphatic carbocycles. The maximum atomic E-state index is 10.8. The van der Waals surface area contributed by atoms with Crippen molar-refractivity contribution in [3.05, 3.63) is 12.7 Å². The van der Waals surface area contributed by atoms with Gasteiger partial charge in [0, 0.05) is 34.0 Å². The molecule has 0 radical (unpaired) electrons. The first-order valence-electron chi connectivity index (χ1n) is 7.71. The molecule has 9 heteroatoms. The SMILES string of the molecule is C=CC(=O)OCCC[SiH](CC1CO1)OCC.CO[SiH](OC)OC. The van der Waals surface area contributed by atoms with Gasteiger partial charge in [0.25, 0.3) is 0 Å². The van der Waals surface area contributed by atoms with Crippen LogP contribution in [0.1, 0.15) is 13.3 Å². The standard InChI is InChI=1S/C11H20O4Si.C3H10O3Si/c1-3-11(12)13-6-5-7-16(15-4-2)9-10-8-14-10;1-4-7(5-2)6-3/h3,10,16H,1,4-9H2,2H3;7H,1-3H3. The van der Waals surface area contributed by atoms with E-state index in [-0.39, 0.29) is 5.97 Å². The molecule has 1 saturated heterocycles. The van der Waals surface area contributed by atoms with Crippen LogP contribution in [0.15, 0.2) is 12.7 Å². The van der Waals surface area contributed by atoms with Crippen molar-refractivity contribution >= 4 is 24.5 Å². The van der Waals surface area contributed by atoms with E-state index in [1.54, 1.807) is 21.3 Å². The summed E-state index contributed by atoms with van der Waals surface area (Å²) in [6.07, 6.45) is 2.51. The molecule has 0 aromatic heterocycles. The summed E-state index contributed by atoms with van der Waals surface area (Å²) < 4.78 is 30.1. The average Bonchev–Trinajstić information content (AvgIpc) is 3.37. The minimum atomic E-state index is -1.67. The Kier molecular flexibility index (Phi) is 14.6. The Bertz CT molecular complexity index is 304. The monoisotopic (exact) mass is 366 g/mol. The van der Waals surface area contributed by atoms with Crippen molar-refractivity contribution in [2.75, 3.05) is 41.2 Å². The number of carbonyl (C=O) groups excluding carboxylic acids is 1. The van der Waals surface area contributed by atoms with Gasteiger partial charge in [-0.25, -0.2) is 4.79 Å². The molecule has 1 aliphatic heterocycles. The summed E-state index contributed by atoms with van der Waals surface area (Å²) in [6.45, 7) is 7.49. The summed E-state index contributed by atoms with van der Waals surface area (Å²) in [5, 5.41) is 0. The quantitative estimate of drug-likeness (QED) is 0.167. The molecule has 2 atom stereocenters. The van der Waals surface area contributed by atoms with Gasteiger partial charge in [-0.1, -0.05) is 6.58 Å². The minimum Gasteiger partial charge on any atom is -0.463 e. The molecule has 0 amide bonds. The van der Waals surface area contributed by atoms with E-state index < -0.39 is 18.6 Å². The van der Waals surface area contributed by atoms with Crippen LogP contribution in [0.25, 0.3) is 0 Å². The Morgan fingerprint density at radius 3 is 2.30 bits per heavy atom. The fourth-order valence-electron chi connectivity index (χ4n) is 1.83. The highest BCUT2D eigenvalue weighted by Crippen LogP contribution is 2.19. The van der Waals surface area contributed by atoms with Gasteiger partial charge in [-0.15, -0.1) is 0 Å². The molecule has 0 aromatic carbocycles. The van der Waals surface area contributed by atoms with Crippen molar-refractivity contribution in [3.8, 4) is 0 Å². The zero-order valence-corrected chi connectivity index (χ0v) is 16.9. The minimum absolute atomic E-state index is 0.347. The third-order valence-electron chi connectivity index (χ3n) is 2.99. The third-order valence-corrected chi connectivity index (χ3v) is 7.05. The van der Waals surface area contributed by atoms with E-state index in [0.29, 0.717) is 12.7 Å². The van der Waals surface area contributed by atoms with Crippen LogP contribution in [-0.4, -0.2) is 71.8 Å². The van der Waals surface area contributed by atoms with Crippen LogP contribution in [0.5, 0.6) is 0 Å². The average molecular weight is 367 g/mol. The number of rotatable bonds is 12. The highest BCUT2D eigenvalue weighted by molar-refractivity contribution is 6.52. The van der Waals surface area contributed by atoms with Crippen LogP contribution in [0.2, 0.25) is 12.1 Å². The lowest BCUT2D eigenvalue weighted by atomic mass is 10.5. The summed E-state index contributed by atoms with van der Waals surface area (Å²) in [5.41, 5.74) is 0. The summed E-state index contributed by atoms with van der Waals surface area (Å²) in [4.78, 5) is 10.8. The van der Waals surface area contributed by atoms with Gasteiger partial charge in [0.05, 0.1) is 19.3 Å². The summed E-state index contributed by atoms with van der Waals surface area (Å²) in [7, 11) is 1.91. The van der Waals surface area contributed by atoms with E-state index in [2.05, 4.69) is 6.58 Å². The number of hydrogen-bond acceptors (Lipinski definition) is 7. The summed E-state index contributed by atoms with van der Waals surface area (Å²) in [5.74, 6) is -0.347. The van der Waals surface area contributed by atoms with Gasteiger partial charge in [0.1, 0.15) is 0 Å². The van der Waals surface area contributed by atoms with Gasteiger partial charge >= 0.3 is 15.5 Å². The number of esters is 1. The Morgan fingerprint density at radius 2 is 1.91 bits per heavy atom. The fraction of sp³-hybridized carbons (Fsp3) is 0.786. The lowest BCUT2D eigenvalue weighted by Gasteiger charge is -2.13. The fourth-order valence-corrected chi connectivity index (χ4v) is 4.90. The number of ether oxygens (including phenoxy) is 2. The second-order valence-electron chi connectivity index (χ2n) is 4.78. The Morgan fingerprint density at radius 1 is 1.30 bits per heavy atom.